The molecule has 17 heavy (non-hydrogen) atoms. The van der Waals surface area contributed by atoms with E-state index >= 15 is 0 Å². The molecule has 0 unspecified atom stereocenters. The maximum absolute atomic E-state index is 5.90. The third-order valence-corrected chi connectivity index (χ3v) is 3.78. The third kappa shape index (κ3) is 3.21. The van der Waals surface area contributed by atoms with Crippen LogP contribution in [-0.2, 0) is 11.4 Å². The van der Waals surface area contributed by atoms with Gasteiger partial charge in [0.25, 0.3) is 0 Å². The van der Waals surface area contributed by atoms with Gasteiger partial charge in [0.1, 0.15) is 5.75 Å². The molecular formula is C13H18BrNO2. The van der Waals surface area contributed by atoms with Crippen molar-refractivity contribution in [2.75, 3.05) is 6.61 Å². The lowest BCUT2D eigenvalue weighted by Crippen LogP contribution is -2.20. The summed E-state index contributed by atoms with van der Waals surface area (Å²) >= 11 is 3.54. The summed E-state index contributed by atoms with van der Waals surface area (Å²) in [4.78, 5) is 4.72. The summed E-state index contributed by atoms with van der Waals surface area (Å²) in [6.07, 6.45) is 3.90. The van der Waals surface area contributed by atoms with Gasteiger partial charge in [-0.3, -0.25) is 4.84 Å². The van der Waals surface area contributed by atoms with Crippen molar-refractivity contribution in [3.05, 3.63) is 27.7 Å². The Morgan fingerprint density at radius 3 is 2.76 bits per heavy atom. The topological polar surface area (TPSA) is 44.5 Å². The van der Waals surface area contributed by atoms with Crippen molar-refractivity contribution in [1.82, 2.24) is 0 Å². The number of hydrogen-bond donors (Lipinski definition) is 1. The summed E-state index contributed by atoms with van der Waals surface area (Å²) in [5.41, 5.74) is 2.17. The second-order valence-electron chi connectivity index (χ2n) is 4.65. The minimum absolute atomic E-state index is 0.375. The van der Waals surface area contributed by atoms with Crippen molar-refractivity contribution in [1.29, 1.82) is 0 Å². The molecule has 0 aliphatic heterocycles. The SMILES string of the molecule is Cc1cc(Br)c(OCC2CCC2)c(CON)c1. The van der Waals surface area contributed by atoms with Crippen LogP contribution in [0.5, 0.6) is 5.75 Å². The summed E-state index contributed by atoms with van der Waals surface area (Å²) in [6, 6.07) is 4.10. The van der Waals surface area contributed by atoms with E-state index in [0.29, 0.717) is 6.61 Å². The van der Waals surface area contributed by atoms with Crippen LogP contribution >= 0.6 is 15.9 Å². The molecule has 1 aliphatic carbocycles. The molecule has 2 N–H and O–H groups in total. The summed E-state index contributed by atoms with van der Waals surface area (Å²) in [5, 5.41) is 0. The van der Waals surface area contributed by atoms with Gasteiger partial charge in [-0.2, -0.15) is 0 Å². The smallest absolute Gasteiger partial charge is 0.139 e. The van der Waals surface area contributed by atoms with Crippen molar-refractivity contribution < 1.29 is 9.57 Å². The molecule has 0 spiro atoms. The van der Waals surface area contributed by atoms with E-state index in [0.717, 1.165) is 28.3 Å². The molecule has 0 radical (unpaired) electrons. The molecule has 1 fully saturated rings. The van der Waals surface area contributed by atoms with E-state index in [2.05, 4.69) is 22.0 Å². The normalized spacial score (nSPS) is 15.7. The molecule has 0 bridgehead atoms. The highest BCUT2D eigenvalue weighted by atomic mass is 79.9. The quantitative estimate of drug-likeness (QED) is 0.848. The average molecular weight is 300 g/mol. The lowest BCUT2D eigenvalue weighted by molar-refractivity contribution is 0.118. The van der Waals surface area contributed by atoms with Gasteiger partial charge in [0, 0.05) is 5.56 Å². The van der Waals surface area contributed by atoms with Gasteiger partial charge in [-0.25, -0.2) is 5.90 Å². The van der Waals surface area contributed by atoms with Gasteiger partial charge in [-0.05, 0) is 59.3 Å². The van der Waals surface area contributed by atoms with Crippen LogP contribution in [0.3, 0.4) is 0 Å². The minimum atomic E-state index is 0.375. The van der Waals surface area contributed by atoms with Crippen LogP contribution in [0, 0.1) is 12.8 Å². The molecule has 94 valence electrons. The maximum Gasteiger partial charge on any atom is 0.139 e. The fraction of sp³-hybridized carbons (Fsp3) is 0.538. The second kappa shape index (κ2) is 5.85. The fourth-order valence-electron chi connectivity index (χ4n) is 2.02. The largest absolute Gasteiger partial charge is 0.492 e. The van der Waals surface area contributed by atoms with Gasteiger partial charge in [-0.1, -0.05) is 6.42 Å². The molecule has 0 aromatic heterocycles. The van der Waals surface area contributed by atoms with E-state index < -0.39 is 0 Å². The van der Waals surface area contributed by atoms with Gasteiger partial charge in [0.05, 0.1) is 17.7 Å². The standard InChI is InChI=1S/C13H18BrNO2/c1-9-5-11(8-17-15)13(12(14)6-9)16-7-10-3-2-4-10/h5-6,10H,2-4,7-8,15H2,1H3. The van der Waals surface area contributed by atoms with Gasteiger partial charge in [0.15, 0.2) is 0 Å². The van der Waals surface area contributed by atoms with Crippen molar-refractivity contribution in [3.63, 3.8) is 0 Å². The first kappa shape index (κ1) is 12.9. The van der Waals surface area contributed by atoms with Gasteiger partial charge in [0.2, 0.25) is 0 Å². The molecular weight excluding hydrogens is 282 g/mol. The highest BCUT2D eigenvalue weighted by Gasteiger charge is 2.19. The van der Waals surface area contributed by atoms with Crippen molar-refractivity contribution >= 4 is 15.9 Å². The van der Waals surface area contributed by atoms with Crippen molar-refractivity contribution in [3.8, 4) is 5.75 Å². The van der Waals surface area contributed by atoms with Crippen LogP contribution in [-0.4, -0.2) is 6.61 Å². The lowest BCUT2D eigenvalue weighted by Gasteiger charge is -2.26. The van der Waals surface area contributed by atoms with Gasteiger partial charge in [-0.15, -0.1) is 0 Å². The number of aryl methyl sites for hydroxylation is 1. The Hall–Kier alpha value is -0.580. The molecule has 1 aliphatic rings. The first-order valence-corrected chi connectivity index (χ1v) is 6.73. The Morgan fingerprint density at radius 1 is 1.41 bits per heavy atom. The van der Waals surface area contributed by atoms with E-state index in [-0.39, 0.29) is 0 Å². The van der Waals surface area contributed by atoms with Crippen molar-refractivity contribution in [2.24, 2.45) is 11.8 Å². The first-order valence-electron chi connectivity index (χ1n) is 5.94. The summed E-state index contributed by atoms with van der Waals surface area (Å²) < 4.78 is 6.87. The zero-order valence-electron chi connectivity index (χ0n) is 10.0. The molecule has 4 heteroatoms. The Morgan fingerprint density at radius 2 is 2.18 bits per heavy atom. The second-order valence-corrected chi connectivity index (χ2v) is 5.51. The Bertz CT molecular complexity index is 391. The molecule has 0 atom stereocenters. The van der Waals surface area contributed by atoms with Crippen LogP contribution in [0.4, 0.5) is 0 Å². The van der Waals surface area contributed by atoms with E-state index in [1.54, 1.807) is 0 Å². The molecule has 0 heterocycles. The monoisotopic (exact) mass is 299 g/mol. The lowest BCUT2D eigenvalue weighted by atomic mass is 9.86. The highest BCUT2D eigenvalue weighted by molar-refractivity contribution is 9.10. The van der Waals surface area contributed by atoms with E-state index in [9.17, 15) is 0 Å². The number of hydrogen-bond acceptors (Lipinski definition) is 3. The predicted molar refractivity (Wildman–Crippen MR) is 70.7 cm³/mol. The molecule has 3 nitrogen and oxygen atoms in total. The van der Waals surface area contributed by atoms with Crippen LogP contribution in [0.25, 0.3) is 0 Å². The first-order chi connectivity index (χ1) is 8.20. The Kier molecular flexibility index (Phi) is 4.42. The predicted octanol–water partition coefficient (Wildman–Crippen LogP) is 3.33. The van der Waals surface area contributed by atoms with Crippen LogP contribution in [0.2, 0.25) is 0 Å². The molecule has 0 amide bonds. The van der Waals surface area contributed by atoms with Gasteiger partial charge >= 0.3 is 0 Å². The maximum atomic E-state index is 5.90. The molecule has 1 aromatic rings. The average Bonchev–Trinajstić information content (AvgIpc) is 2.19. The molecule has 2 rings (SSSR count). The van der Waals surface area contributed by atoms with E-state index in [1.807, 2.05) is 13.0 Å². The summed E-state index contributed by atoms with van der Waals surface area (Å²) in [5.74, 6) is 6.74. The summed E-state index contributed by atoms with van der Waals surface area (Å²) in [7, 11) is 0. The Labute approximate surface area is 110 Å². The zero-order chi connectivity index (χ0) is 12.3. The molecule has 1 saturated carbocycles. The molecule has 1 aromatic carbocycles. The van der Waals surface area contributed by atoms with Crippen LogP contribution < -0.4 is 10.6 Å². The Balaban J connectivity index is 2.11. The van der Waals surface area contributed by atoms with E-state index in [4.69, 9.17) is 15.5 Å². The van der Waals surface area contributed by atoms with E-state index in [1.165, 1.54) is 24.8 Å². The minimum Gasteiger partial charge on any atom is -0.492 e. The highest BCUT2D eigenvalue weighted by Crippen LogP contribution is 2.33. The zero-order valence-corrected chi connectivity index (χ0v) is 11.6. The number of nitrogens with two attached hydrogens (primary N) is 1. The van der Waals surface area contributed by atoms with Crippen molar-refractivity contribution in [2.45, 2.75) is 32.8 Å². The number of halogens is 1. The summed E-state index contributed by atoms with van der Waals surface area (Å²) in [6.45, 7) is 3.21. The fourth-order valence-corrected chi connectivity index (χ4v) is 2.75. The van der Waals surface area contributed by atoms with Crippen LogP contribution in [0.15, 0.2) is 16.6 Å². The number of benzene rings is 1. The number of ether oxygens (including phenoxy) is 1. The van der Waals surface area contributed by atoms with Crippen LogP contribution in [0.1, 0.15) is 30.4 Å². The van der Waals surface area contributed by atoms with Gasteiger partial charge < -0.3 is 4.74 Å². The molecule has 0 saturated heterocycles. The third-order valence-electron chi connectivity index (χ3n) is 3.19. The number of rotatable bonds is 5.